The van der Waals surface area contributed by atoms with Crippen molar-refractivity contribution in [2.75, 3.05) is 6.16 Å². The molecule has 0 amide bonds. The third-order valence-electron chi connectivity index (χ3n) is 2.88. The van der Waals surface area contributed by atoms with Crippen molar-refractivity contribution in [2.24, 2.45) is 5.73 Å². The Hall–Kier alpha value is -1.24. The van der Waals surface area contributed by atoms with E-state index in [1.807, 2.05) is 0 Å². The molecule has 7 nitrogen and oxygen atoms in total. The van der Waals surface area contributed by atoms with E-state index < -0.39 is 19.6 Å². The van der Waals surface area contributed by atoms with Crippen LogP contribution in [0.15, 0.2) is 18.2 Å². The van der Waals surface area contributed by atoms with Crippen molar-refractivity contribution in [3.8, 4) is 0 Å². The van der Waals surface area contributed by atoms with Crippen molar-refractivity contribution in [3.63, 3.8) is 0 Å². The summed E-state index contributed by atoms with van der Waals surface area (Å²) in [5.41, 5.74) is 7.28. The van der Waals surface area contributed by atoms with E-state index in [0.717, 1.165) is 0 Å². The molecule has 6 N–H and O–H groups in total. The van der Waals surface area contributed by atoms with Gasteiger partial charge in [-0.15, -0.1) is 0 Å². The summed E-state index contributed by atoms with van der Waals surface area (Å²) >= 11 is 0. The molecule has 1 aromatic rings. The molecular formula is C12H18NO6P. The molecule has 0 saturated heterocycles. The van der Waals surface area contributed by atoms with Gasteiger partial charge in [0, 0.05) is 0 Å². The molecule has 20 heavy (non-hydrogen) atoms. The van der Waals surface area contributed by atoms with Crippen molar-refractivity contribution >= 4 is 13.6 Å². The second-order valence-corrected chi connectivity index (χ2v) is 6.32. The lowest BCUT2D eigenvalue weighted by molar-refractivity contribution is -0.138. The van der Waals surface area contributed by atoms with Gasteiger partial charge in [0.25, 0.3) is 0 Å². The number of hydrogen-bond acceptors (Lipinski definition) is 4. The number of benzene rings is 1. The zero-order chi connectivity index (χ0) is 15.3. The summed E-state index contributed by atoms with van der Waals surface area (Å²) in [5.74, 6) is -1.15. The average Bonchev–Trinajstić information content (AvgIpc) is 2.35. The van der Waals surface area contributed by atoms with Crippen molar-refractivity contribution in [1.82, 2.24) is 0 Å². The standard InChI is InChI=1S/C12H18NO6P/c13-11(12(15)16)6-10-5-8(7-14)1-2-9(10)3-4-20(17,18)19/h1-2,5,11,14H,3-4,6-7,13H2,(H,15,16)(H2,17,18,19). The molecule has 0 bridgehead atoms. The fourth-order valence-corrected chi connectivity index (χ4v) is 2.33. The van der Waals surface area contributed by atoms with E-state index >= 15 is 0 Å². The zero-order valence-electron chi connectivity index (χ0n) is 10.8. The van der Waals surface area contributed by atoms with Crippen LogP contribution < -0.4 is 5.73 Å². The predicted octanol–water partition coefficient (Wildman–Crippen LogP) is -0.147. The zero-order valence-corrected chi connectivity index (χ0v) is 11.7. The molecule has 8 heteroatoms. The monoisotopic (exact) mass is 303 g/mol. The Morgan fingerprint density at radius 3 is 2.45 bits per heavy atom. The molecular weight excluding hydrogens is 285 g/mol. The van der Waals surface area contributed by atoms with Crippen LogP contribution in [-0.4, -0.2) is 38.2 Å². The van der Waals surface area contributed by atoms with Crippen LogP contribution in [0.4, 0.5) is 0 Å². The van der Waals surface area contributed by atoms with Crippen LogP contribution in [0, 0.1) is 0 Å². The van der Waals surface area contributed by atoms with Crippen LogP contribution in [-0.2, 0) is 28.8 Å². The summed E-state index contributed by atoms with van der Waals surface area (Å²) in [5, 5.41) is 17.9. The molecule has 1 atom stereocenters. The molecule has 0 fully saturated rings. The number of aliphatic hydroxyl groups is 1. The van der Waals surface area contributed by atoms with Gasteiger partial charge in [-0.3, -0.25) is 9.36 Å². The van der Waals surface area contributed by atoms with Crippen LogP contribution in [0.1, 0.15) is 16.7 Å². The van der Waals surface area contributed by atoms with Gasteiger partial charge in [0.2, 0.25) is 0 Å². The minimum absolute atomic E-state index is 0.0413. The highest BCUT2D eigenvalue weighted by Crippen LogP contribution is 2.35. The molecule has 0 spiro atoms. The first-order valence-corrected chi connectivity index (χ1v) is 7.77. The number of aryl methyl sites for hydroxylation is 1. The normalized spacial score (nSPS) is 13.2. The van der Waals surface area contributed by atoms with Gasteiger partial charge in [-0.2, -0.15) is 0 Å². The van der Waals surface area contributed by atoms with Crippen molar-refractivity contribution in [1.29, 1.82) is 0 Å². The van der Waals surface area contributed by atoms with Gasteiger partial charge in [-0.1, -0.05) is 18.2 Å². The third-order valence-corrected chi connectivity index (χ3v) is 3.69. The summed E-state index contributed by atoms with van der Waals surface area (Å²) in [6.45, 7) is -0.200. The topological polar surface area (TPSA) is 141 Å². The molecule has 0 aromatic heterocycles. The molecule has 0 saturated carbocycles. The lowest BCUT2D eigenvalue weighted by Gasteiger charge is -2.14. The first kappa shape index (κ1) is 16.8. The van der Waals surface area contributed by atoms with Crippen LogP contribution in [0.3, 0.4) is 0 Å². The van der Waals surface area contributed by atoms with Crippen LogP contribution in [0.2, 0.25) is 0 Å². The van der Waals surface area contributed by atoms with Gasteiger partial charge >= 0.3 is 13.6 Å². The van der Waals surface area contributed by atoms with Gasteiger partial charge < -0.3 is 25.7 Å². The molecule has 1 aromatic carbocycles. The second kappa shape index (κ2) is 6.97. The summed E-state index contributed by atoms with van der Waals surface area (Å²) < 4.78 is 10.9. The van der Waals surface area contributed by atoms with Crippen LogP contribution >= 0.6 is 7.60 Å². The Labute approximate surface area is 116 Å². The number of rotatable bonds is 7. The SMILES string of the molecule is NC(Cc1cc(CO)ccc1CCP(=O)(O)O)C(=O)O. The fourth-order valence-electron chi connectivity index (χ4n) is 1.80. The Morgan fingerprint density at radius 2 is 1.95 bits per heavy atom. The maximum atomic E-state index is 10.9. The van der Waals surface area contributed by atoms with Crippen LogP contribution in [0.5, 0.6) is 0 Å². The third kappa shape index (κ3) is 5.40. The summed E-state index contributed by atoms with van der Waals surface area (Å²) in [4.78, 5) is 28.6. The number of aliphatic carboxylic acids is 1. The van der Waals surface area contributed by atoms with Crippen molar-refractivity contribution < 1.29 is 29.4 Å². The minimum Gasteiger partial charge on any atom is -0.480 e. The highest BCUT2D eigenvalue weighted by Gasteiger charge is 2.18. The van der Waals surface area contributed by atoms with Crippen LogP contribution in [0.25, 0.3) is 0 Å². The maximum Gasteiger partial charge on any atom is 0.325 e. The second-order valence-electron chi connectivity index (χ2n) is 4.55. The molecule has 0 heterocycles. The Kier molecular flexibility index (Phi) is 5.86. The molecule has 0 aliphatic carbocycles. The lowest BCUT2D eigenvalue weighted by Crippen LogP contribution is -2.32. The highest BCUT2D eigenvalue weighted by atomic mass is 31.2. The summed E-state index contributed by atoms with van der Waals surface area (Å²) in [6, 6.07) is 3.77. The molecule has 1 unspecified atom stereocenters. The number of hydrogen-bond donors (Lipinski definition) is 5. The van der Waals surface area contributed by atoms with E-state index in [4.69, 9.17) is 25.7 Å². The smallest absolute Gasteiger partial charge is 0.325 e. The van der Waals surface area contributed by atoms with Crippen molar-refractivity contribution in [2.45, 2.75) is 25.5 Å². The summed E-state index contributed by atoms with van der Waals surface area (Å²) in [6.07, 6.45) is -0.155. The van der Waals surface area contributed by atoms with E-state index in [1.165, 1.54) is 0 Å². The van der Waals surface area contributed by atoms with Gasteiger partial charge in [-0.05, 0) is 29.5 Å². The minimum atomic E-state index is -4.12. The largest absolute Gasteiger partial charge is 0.480 e. The van der Waals surface area contributed by atoms with E-state index in [0.29, 0.717) is 16.7 Å². The summed E-state index contributed by atoms with van der Waals surface area (Å²) in [7, 11) is -4.12. The Bertz CT molecular complexity index is 527. The predicted molar refractivity (Wildman–Crippen MR) is 72.3 cm³/mol. The fraction of sp³-hybridized carbons (Fsp3) is 0.417. The average molecular weight is 303 g/mol. The molecule has 0 aliphatic rings. The number of carboxylic acids is 1. The molecule has 112 valence electrons. The lowest BCUT2D eigenvalue weighted by atomic mass is 9.97. The van der Waals surface area contributed by atoms with E-state index in [-0.39, 0.29) is 25.6 Å². The van der Waals surface area contributed by atoms with Gasteiger partial charge in [-0.25, -0.2) is 0 Å². The number of carbonyl (C=O) groups is 1. The first-order valence-electron chi connectivity index (χ1n) is 5.97. The van der Waals surface area contributed by atoms with Gasteiger partial charge in [0.1, 0.15) is 6.04 Å². The molecule has 1 rings (SSSR count). The Morgan fingerprint density at radius 1 is 1.30 bits per heavy atom. The quantitative estimate of drug-likeness (QED) is 0.441. The van der Waals surface area contributed by atoms with E-state index in [1.54, 1.807) is 18.2 Å². The number of carboxylic acid groups (broad SMARTS) is 1. The molecule has 0 aliphatic heterocycles. The van der Waals surface area contributed by atoms with E-state index in [2.05, 4.69) is 0 Å². The van der Waals surface area contributed by atoms with Gasteiger partial charge in [0.05, 0.1) is 12.8 Å². The molecule has 0 radical (unpaired) electrons. The maximum absolute atomic E-state index is 10.9. The van der Waals surface area contributed by atoms with E-state index in [9.17, 15) is 9.36 Å². The highest BCUT2D eigenvalue weighted by molar-refractivity contribution is 7.51. The van der Waals surface area contributed by atoms with Gasteiger partial charge in [0.15, 0.2) is 0 Å². The number of nitrogens with two attached hydrogens (primary N) is 1. The number of aliphatic hydroxyl groups excluding tert-OH is 1. The van der Waals surface area contributed by atoms with Crippen molar-refractivity contribution in [3.05, 3.63) is 34.9 Å². The first-order chi connectivity index (χ1) is 9.23. The Balaban J connectivity index is 2.97.